The van der Waals surface area contributed by atoms with Crippen molar-refractivity contribution >= 4 is 107 Å². The summed E-state index contributed by atoms with van der Waals surface area (Å²) in [6.07, 6.45) is 10.4. The number of allylic oxidation sites excluding steroid dienone is 8. The molecule has 2 amide bonds. The van der Waals surface area contributed by atoms with Crippen molar-refractivity contribution in [2.45, 2.75) is 83.3 Å². The van der Waals surface area contributed by atoms with Crippen molar-refractivity contribution in [3.8, 4) is 0 Å². The van der Waals surface area contributed by atoms with Gasteiger partial charge in [0.25, 0.3) is 11.8 Å². The Balaban J connectivity index is 1.26. The van der Waals surface area contributed by atoms with Gasteiger partial charge < -0.3 is 42.0 Å². The number of carbonyl (C=O) groups excluding carboxylic acids is 3. The molecule has 1 unspecified atom stereocenters. The number of rotatable bonds is 22. The molecule has 29 heteroatoms. The normalized spacial score (nSPS) is 18.8. The molecule has 4 aromatic carbocycles. The van der Waals surface area contributed by atoms with Crippen LogP contribution in [-0.4, -0.2) is 144 Å². The van der Waals surface area contributed by atoms with Crippen LogP contribution in [0.25, 0.3) is 21.5 Å². The highest BCUT2D eigenvalue weighted by molar-refractivity contribution is 7.87. The molecule has 0 aliphatic carbocycles. The van der Waals surface area contributed by atoms with Crippen molar-refractivity contribution in [1.29, 1.82) is 0 Å². The second-order valence-corrected chi connectivity index (χ2v) is 25.8. The lowest BCUT2D eigenvalue weighted by Crippen LogP contribution is -2.32. The summed E-state index contributed by atoms with van der Waals surface area (Å²) < 4.78 is 197. The lowest BCUT2D eigenvalue weighted by atomic mass is 9.75. The zero-order chi connectivity index (χ0) is 57.6. The summed E-state index contributed by atoms with van der Waals surface area (Å²) in [6, 6.07) is 8.51. The number of hydrogen-bond donors (Lipinski definition) is 0. The van der Waals surface area contributed by atoms with Gasteiger partial charge >= 0.3 is 5.97 Å². The first-order valence-electron chi connectivity index (χ1n) is 23.5. The van der Waals surface area contributed by atoms with Gasteiger partial charge in [0.1, 0.15) is 47.1 Å². The van der Waals surface area contributed by atoms with E-state index in [-0.39, 0.29) is 92.1 Å². The number of carbonyl (C=O) groups is 3. The molecule has 78 heavy (non-hydrogen) atoms. The first kappa shape index (κ1) is 59.6. The van der Waals surface area contributed by atoms with E-state index in [0.29, 0.717) is 45.5 Å². The van der Waals surface area contributed by atoms with E-state index in [0.717, 1.165) is 12.1 Å². The van der Waals surface area contributed by atoms with Crippen molar-refractivity contribution in [3.05, 3.63) is 108 Å². The van der Waals surface area contributed by atoms with Gasteiger partial charge in [-0.3, -0.25) is 9.59 Å². The van der Waals surface area contributed by atoms with E-state index in [2.05, 4.69) is 0 Å². The monoisotopic (exact) mass is 1180 g/mol. The molecule has 24 nitrogen and oxygen atoms in total. The van der Waals surface area contributed by atoms with Gasteiger partial charge in [0.15, 0.2) is 12.3 Å². The van der Waals surface area contributed by atoms with E-state index in [1.807, 2.05) is 0 Å². The maximum absolute atomic E-state index is 12.5. The Hall–Kier alpha value is -6.09. The summed E-state index contributed by atoms with van der Waals surface area (Å²) in [6.45, 7) is 5.08. The lowest BCUT2D eigenvalue weighted by Gasteiger charge is -2.31. The first-order chi connectivity index (χ1) is 36.2. The number of methoxy groups -OCH3 is 1. The van der Waals surface area contributed by atoms with Crippen LogP contribution >= 0.6 is 0 Å². The van der Waals surface area contributed by atoms with Gasteiger partial charge in [-0.1, -0.05) is 36.4 Å². The van der Waals surface area contributed by atoms with Crippen LogP contribution in [0.1, 0.15) is 64.0 Å². The van der Waals surface area contributed by atoms with E-state index in [4.69, 9.17) is 14.3 Å². The van der Waals surface area contributed by atoms with Gasteiger partial charge in [-0.25, -0.2) is 46.9 Å². The Morgan fingerprint density at radius 1 is 0.679 bits per heavy atom. The molecular weight excluding hydrogens is 1130 g/mol. The highest BCUT2D eigenvalue weighted by atomic mass is 32.2. The van der Waals surface area contributed by atoms with Crippen LogP contribution in [-0.2, 0) is 90.1 Å². The number of imide groups is 1. The first-order valence-corrected chi connectivity index (χ1v) is 30.7. The summed E-state index contributed by atoms with van der Waals surface area (Å²) in [4.78, 5) is 39.0. The third kappa shape index (κ3) is 12.5. The molecular formula is C49H49N3O21S5-4. The zero-order valence-electron chi connectivity index (χ0n) is 41.9. The van der Waals surface area contributed by atoms with Crippen molar-refractivity contribution in [2.24, 2.45) is 0 Å². The molecule has 0 spiro atoms. The molecule has 1 saturated heterocycles. The van der Waals surface area contributed by atoms with Crippen LogP contribution in [0, 0.1) is 0 Å². The molecule has 3 aliphatic heterocycles. The predicted molar refractivity (Wildman–Crippen MR) is 271 cm³/mol. The number of ether oxygens (including phenoxy) is 2. The summed E-state index contributed by atoms with van der Waals surface area (Å²) in [5.74, 6) is -3.04. The molecule has 0 aromatic heterocycles. The molecule has 0 N–H and O–H groups in total. The maximum atomic E-state index is 12.5. The van der Waals surface area contributed by atoms with Crippen LogP contribution in [0.5, 0.6) is 0 Å². The van der Waals surface area contributed by atoms with Gasteiger partial charge in [0, 0.05) is 72.1 Å². The van der Waals surface area contributed by atoms with Crippen LogP contribution < -0.4 is 4.90 Å². The van der Waals surface area contributed by atoms with Crippen molar-refractivity contribution in [1.82, 2.24) is 5.06 Å². The molecule has 420 valence electrons. The maximum Gasteiger partial charge on any atom is 0.335 e. The van der Waals surface area contributed by atoms with Gasteiger partial charge in [-0.15, -0.1) is 5.06 Å². The van der Waals surface area contributed by atoms with Gasteiger partial charge in [-0.05, 0) is 97.8 Å². The number of hydroxylamine groups is 2. The second-order valence-electron chi connectivity index (χ2n) is 18.9. The molecule has 4 aromatic rings. The number of anilines is 1. The average molecular weight is 1180 g/mol. The number of fused-ring (bicyclic) bond motifs is 6. The Kier molecular flexibility index (Phi) is 17.0. The van der Waals surface area contributed by atoms with Crippen molar-refractivity contribution in [3.63, 3.8) is 0 Å². The lowest BCUT2D eigenvalue weighted by molar-refractivity contribution is -0.442. The topological polar surface area (TPSA) is 374 Å². The molecule has 3 aliphatic rings. The van der Waals surface area contributed by atoms with Gasteiger partial charge in [0.05, 0.1) is 54.7 Å². The number of amides is 2. The van der Waals surface area contributed by atoms with E-state index in [1.54, 1.807) is 72.8 Å². The third-order valence-electron chi connectivity index (χ3n) is 13.4. The third-order valence-corrected chi connectivity index (χ3v) is 17.6. The Morgan fingerprint density at radius 2 is 1.23 bits per heavy atom. The molecule has 0 bridgehead atoms. The van der Waals surface area contributed by atoms with E-state index >= 15 is 0 Å². The fourth-order valence-electron chi connectivity index (χ4n) is 10.1. The Morgan fingerprint density at radius 3 is 1.78 bits per heavy atom. The van der Waals surface area contributed by atoms with Crippen LogP contribution in [0.15, 0.2) is 116 Å². The van der Waals surface area contributed by atoms with Crippen LogP contribution in [0.2, 0.25) is 0 Å². The highest BCUT2D eigenvalue weighted by Gasteiger charge is 2.47. The number of hydrogen-bond acceptors (Lipinski definition) is 22. The average Bonchev–Trinajstić information content (AvgIpc) is 4.02. The fourth-order valence-corrected chi connectivity index (χ4v) is 13.2. The summed E-state index contributed by atoms with van der Waals surface area (Å²) in [7, 11) is -24.7. The minimum atomic E-state index is -5.38. The Bertz CT molecular complexity index is 3910. The fraction of sp³-hybridized carbons (Fsp3) is 0.347. The highest BCUT2D eigenvalue weighted by Crippen LogP contribution is 2.54. The molecule has 7 rings (SSSR count). The number of nitrogens with zero attached hydrogens (tertiary/aromatic N) is 3. The Labute approximate surface area is 449 Å². The summed E-state index contributed by atoms with van der Waals surface area (Å²) >= 11 is 0. The summed E-state index contributed by atoms with van der Waals surface area (Å²) in [5.41, 5.74) is -0.179. The van der Waals surface area contributed by atoms with Gasteiger partial charge in [0.2, 0.25) is 5.69 Å². The minimum Gasteiger partial charge on any atom is -0.748 e. The second kappa shape index (κ2) is 22.2. The van der Waals surface area contributed by atoms with Crippen LogP contribution in [0.4, 0.5) is 11.4 Å². The summed E-state index contributed by atoms with van der Waals surface area (Å²) in [5, 5.41) is -0.0788. The molecule has 3 heterocycles. The largest absolute Gasteiger partial charge is 0.748 e. The van der Waals surface area contributed by atoms with Crippen molar-refractivity contribution in [2.75, 3.05) is 50.7 Å². The predicted octanol–water partition coefficient (Wildman–Crippen LogP) is 3.30. The smallest absolute Gasteiger partial charge is 0.335 e. The standard InChI is InChI=1S/C49H53N3O21S5/c1-48(2)41(50(22-25-72-23-19-45(55)73-52-43(53)17-18-44(52)54)37-15-13-33-35(46(37)48)27-31(75(59,60)61)29-39(33)77(65,66)67)11-8-6-5-7-9-12-42-49(3,20-10-26-74(56,57)58)47-36-28-32(76(62,63)64)30-40(78(68,69)70)34(36)14-16-38(47)51(42)21-24-71-4/h5-9,11-16,27-30H,10,17-26H2,1-4H3,(H4-,56,57,58,59,60,61,62,63,64,65,66,67,68,69,70)/p-4. The van der Waals surface area contributed by atoms with Crippen LogP contribution in [0.3, 0.4) is 0 Å². The zero-order valence-corrected chi connectivity index (χ0v) is 46.0. The SMILES string of the molecule is COCCN1/C(=C/C=C/C=C/C=C/C2=[N+](CCOCCC(=O)ON3C(=O)CCC3=O)c3ccc4c(S(=O)(=O)[O-])cc(S(=O)(=O)[O-])cc4c3C2(C)C)C(C)(CCCS(=O)(=O)[O-])c2c1ccc1c(S(=O)(=O)[O-])cc(S(=O)(=O)[O-])cc21. The van der Waals surface area contributed by atoms with E-state index in [9.17, 15) is 79.2 Å². The van der Waals surface area contributed by atoms with Gasteiger partial charge in [-0.2, -0.15) is 4.58 Å². The van der Waals surface area contributed by atoms with Crippen molar-refractivity contribution < 1.29 is 98.1 Å². The molecule has 1 atom stereocenters. The minimum absolute atomic E-state index is 0.0200. The molecule has 0 radical (unpaired) electrons. The molecule has 0 saturated carbocycles. The van der Waals surface area contributed by atoms with E-state index < -0.39 is 105 Å². The number of benzene rings is 4. The van der Waals surface area contributed by atoms with E-state index in [1.165, 1.54) is 31.4 Å². The quantitative estimate of drug-likeness (QED) is 0.0358. The molecule has 1 fully saturated rings.